The Morgan fingerprint density at radius 1 is 0.500 bits per heavy atom. The molecule has 0 aromatic heterocycles. The Bertz CT molecular complexity index is 1550. The lowest BCUT2D eigenvalue weighted by atomic mass is 10.1. The summed E-state index contributed by atoms with van der Waals surface area (Å²) in [5.74, 6) is 0. The molecule has 0 unspecified atom stereocenters. The van der Waals surface area contributed by atoms with Crippen molar-refractivity contribution >= 4 is 55.4 Å². The standard InChI is InChI=1S/C36H31Si2/c1-3-12-28(13-4-1)14-11-21-36(37-33-19-5-2-6-20-33)38(34-24-22-29-15-7-9-17-31(29)26-34)35-25-23-30-16-8-10-18-32(30)27-35/h1-10,12-13,15-20,22-27,36H,11,14,21H2/t36-/m1/s1. The van der Waals surface area contributed by atoms with Gasteiger partial charge in [0.1, 0.15) is 8.80 Å². The van der Waals surface area contributed by atoms with Crippen LogP contribution < -0.4 is 15.6 Å². The summed E-state index contributed by atoms with van der Waals surface area (Å²) in [6.45, 7) is 0. The highest BCUT2D eigenvalue weighted by molar-refractivity contribution is 6.93. The molecule has 6 aromatic carbocycles. The van der Waals surface area contributed by atoms with Gasteiger partial charge in [0, 0.05) is 0 Å². The van der Waals surface area contributed by atoms with Crippen molar-refractivity contribution < 1.29 is 0 Å². The van der Waals surface area contributed by atoms with E-state index in [4.69, 9.17) is 0 Å². The Labute approximate surface area is 230 Å². The van der Waals surface area contributed by atoms with Gasteiger partial charge in [-0.2, -0.15) is 0 Å². The van der Waals surface area contributed by atoms with Crippen LogP contribution in [0.5, 0.6) is 0 Å². The fourth-order valence-corrected chi connectivity index (χ4v) is 11.5. The van der Waals surface area contributed by atoms with Crippen molar-refractivity contribution in [3.8, 4) is 0 Å². The molecular formula is C36H31Si2. The van der Waals surface area contributed by atoms with Crippen LogP contribution in [0.25, 0.3) is 21.5 Å². The Morgan fingerprint density at radius 3 is 1.58 bits per heavy atom. The molecule has 3 radical (unpaired) electrons. The first-order valence-electron chi connectivity index (χ1n) is 13.5. The van der Waals surface area contributed by atoms with Gasteiger partial charge in [0.05, 0.1) is 9.52 Å². The van der Waals surface area contributed by atoms with E-state index in [2.05, 4.69) is 146 Å². The van der Waals surface area contributed by atoms with Crippen LogP contribution in [0.1, 0.15) is 18.4 Å². The zero-order chi connectivity index (χ0) is 25.6. The van der Waals surface area contributed by atoms with Crippen molar-refractivity contribution in [2.45, 2.75) is 24.4 Å². The number of aryl methyl sites for hydroxylation is 1. The minimum atomic E-state index is -1.06. The Hall–Kier alpha value is -3.73. The second kappa shape index (κ2) is 11.8. The molecule has 6 rings (SSSR count). The number of hydrogen-bond donors (Lipinski definition) is 0. The van der Waals surface area contributed by atoms with Gasteiger partial charge in [-0.3, -0.25) is 0 Å². The molecule has 38 heavy (non-hydrogen) atoms. The summed E-state index contributed by atoms with van der Waals surface area (Å²) in [4.78, 5) is 0. The average Bonchev–Trinajstić information content (AvgIpc) is 2.98. The van der Waals surface area contributed by atoms with E-state index < -0.39 is 8.80 Å². The van der Waals surface area contributed by atoms with E-state index in [-0.39, 0.29) is 0 Å². The smallest absolute Gasteiger partial charge is 0.0642 e. The van der Waals surface area contributed by atoms with E-state index in [1.165, 1.54) is 55.5 Å². The van der Waals surface area contributed by atoms with Gasteiger partial charge in [0.15, 0.2) is 0 Å². The number of hydrogen-bond acceptors (Lipinski definition) is 0. The highest BCUT2D eigenvalue weighted by Gasteiger charge is 2.28. The number of benzene rings is 6. The summed E-state index contributed by atoms with van der Waals surface area (Å²) in [7, 11) is -0.264. The summed E-state index contributed by atoms with van der Waals surface area (Å²) in [5.41, 5.74) is 1.44. The SMILES string of the molecule is c1ccc(CCC[C@H]([Si]c2ccccc2)[Si](c2ccc3ccccc3c2)c2ccc3ccccc3c2)cc1. The predicted octanol–water partition coefficient (Wildman–Crippen LogP) is 6.98. The molecule has 0 fully saturated rings. The van der Waals surface area contributed by atoms with Gasteiger partial charge >= 0.3 is 0 Å². The molecule has 0 N–H and O–H groups in total. The van der Waals surface area contributed by atoms with Crippen LogP contribution in [0.15, 0.2) is 146 Å². The molecule has 0 nitrogen and oxygen atoms in total. The third-order valence-corrected chi connectivity index (χ3v) is 12.8. The third kappa shape index (κ3) is 5.72. The highest BCUT2D eigenvalue weighted by atomic mass is 28.3. The van der Waals surface area contributed by atoms with Crippen molar-refractivity contribution in [1.82, 2.24) is 0 Å². The molecule has 0 bridgehead atoms. The van der Waals surface area contributed by atoms with Crippen LogP contribution in [0.3, 0.4) is 0 Å². The van der Waals surface area contributed by atoms with Crippen LogP contribution in [0.2, 0.25) is 5.16 Å². The Kier molecular flexibility index (Phi) is 7.62. The minimum Gasteiger partial charge on any atom is -0.0642 e. The lowest BCUT2D eigenvalue weighted by Gasteiger charge is -2.27. The molecule has 0 saturated heterocycles. The van der Waals surface area contributed by atoms with Crippen LogP contribution in [-0.4, -0.2) is 18.3 Å². The summed E-state index contributed by atoms with van der Waals surface area (Å²) < 4.78 is 0. The highest BCUT2D eigenvalue weighted by Crippen LogP contribution is 2.22. The van der Waals surface area contributed by atoms with E-state index in [1.807, 2.05) is 0 Å². The number of rotatable bonds is 9. The molecule has 0 amide bonds. The molecule has 0 aliphatic heterocycles. The fourth-order valence-electron chi connectivity index (χ4n) is 5.46. The average molecular weight is 520 g/mol. The van der Waals surface area contributed by atoms with Crippen LogP contribution in [-0.2, 0) is 6.42 Å². The van der Waals surface area contributed by atoms with Gasteiger partial charge in [-0.15, -0.1) is 0 Å². The molecule has 0 heterocycles. The molecule has 0 aliphatic carbocycles. The van der Waals surface area contributed by atoms with Gasteiger partial charge in [-0.05, 0) is 45.1 Å². The predicted molar refractivity (Wildman–Crippen MR) is 168 cm³/mol. The zero-order valence-corrected chi connectivity index (χ0v) is 23.6. The van der Waals surface area contributed by atoms with Crippen molar-refractivity contribution in [3.63, 3.8) is 0 Å². The van der Waals surface area contributed by atoms with Gasteiger partial charge in [-0.1, -0.05) is 168 Å². The van der Waals surface area contributed by atoms with Gasteiger partial charge < -0.3 is 0 Å². The van der Waals surface area contributed by atoms with Crippen molar-refractivity contribution in [3.05, 3.63) is 151 Å². The maximum Gasteiger partial charge on any atom is 0.121 e. The number of fused-ring (bicyclic) bond motifs is 2. The van der Waals surface area contributed by atoms with E-state index in [0.29, 0.717) is 5.16 Å². The first-order chi connectivity index (χ1) is 18.8. The third-order valence-electron chi connectivity index (χ3n) is 7.39. The zero-order valence-electron chi connectivity index (χ0n) is 21.6. The van der Waals surface area contributed by atoms with Gasteiger partial charge in [-0.25, -0.2) is 0 Å². The first-order valence-corrected chi connectivity index (χ1v) is 16.2. The van der Waals surface area contributed by atoms with E-state index >= 15 is 0 Å². The molecule has 183 valence electrons. The summed E-state index contributed by atoms with van der Waals surface area (Å²) in [6, 6.07) is 54.2. The van der Waals surface area contributed by atoms with Crippen molar-refractivity contribution in [2.24, 2.45) is 0 Å². The second-order valence-electron chi connectivity index (χ2n) is 9.98. The maximum absolute atomic E-state index is 2.48. The molecule has 0 aliphatic rings. The molecular weight excluding hydrogens is 489 g/mol. The molecule has 2 heteroatoms. The monoisotopic (exact) mass is 519 g/mol. The topological polar surface area (TPSA) is 0 Å². The summed E-state index contributed by atoms with van der Waals surface area (Å²) in [6.07, 6.45) is 3.58. The fraction of sp³-hybridized carbons (Fsp3) is 0.111. The first kappa shape index (κ1) is 24.6. The molecule has 0 spiro atoms. The van der Waals surface area contributed by atoms with Crippen molar-refractivity contribution in [2.75, 3.05) is 0 Å². The van der Waals surface area contributed by atoms with Gasteiger partial charge in [0.25, 0.3) is 0 Å². The van der Waals surface area contributed by atoms with Crippen LogP contribution in [0.4, 0.5) is 0 Å². The van der Waals surface area contributed by atoms with Crippen LogP contribution >= 0.6 is 0 Å². The molecule has 0 saturated carbocycles. The summed E-state index contributed by atoms with van der Waals surface area (Å²) in [5, 5.41) is 10.5. The lowest BCUT2D eigenvalue weighted by Crippen LogP contribution is -2.49. The maximum atomic E-state index is 2.48. The van der Waals surface area contributed by atoms with Crippen LogP contribution in [0, 0.1) is 0 Å². The largest absolute Gasteiger partial charge is 0.121 e. The molecule has 1 atom stereocenters. The molecule has 6 aromatic rings. The normalized spacial score (nSPS) is 12.2. The van der Waals surface area contributed by atoms with E-state index in [1.54, 1.807) is 0 Å². The second-order valence-corrected chi connectivity index (χ2v) is 14.8. The van der Waals surface area contributed by atoms with Gasteiger partial charge in [0.2, 0.25) is 0 Å². The summed E-state index contributed by atoms with van der Waals surface area (Å²) >= 11 is 0. The minimum absolute atomic E-state index is 0.619. The van der Waals surface area contributed by atoms with Crippen molar-refractivity contribution in [1.29, 1.82) is 0 Å². The van der Waals surface area contributed by atoms with E-state index in [9.17, 15) is 0 Å². The Balaban J connectivity index is 1.42. The quantitative estimate of drug-likeness (QED) is 0.181. The van der Waals surface area contributed by atoms with E-state index in [0.717, 1.165) is 15.9 Å². The Morgan fingerprint density at radius 2 is 1.00 bits per heavy atom. The lowest BCUT2D eigenvalue weighted by molar-refractivity contribution is 0.766.